The van der Waals surface area contributed by atoms with Crippen molar-refractivity contribution in [2.24, 2.45) is 0 Å². The molecule has 0 aliphatic carbocycles. The van der Waals surface area contributed by atoms with E-state index in [1.807, 2.05) is 0 Å². The summed E-state index contributed by atoms with van der Waals surface area (Å²) in [6, 6.07) is 10.2. The molecule has 29 heavy (non-hydrogen) atoms. The molecule has 1 heterocycles. The zero-order chi connectivity index (χ0) is 21.0. The normalized spacial score (nSPS) is 15.0. The largest absolute Gasteiger partial charge is 0.493 e. The molecule has 5 nitrogen and oxygen atoms in total. The molecule has 2 amide bonds. The van der Waals surface area contributed by atoms with Gasteiger partial charge in [0.1, 0.15) is 6.61 Å². The first kappa shape index (κ1) is 21.1. The van der Waals surface area contributed by atoms with Crippen molar-refractivity contribution in [2.45, 2.75) is 6.54 Å². The Hall–Kier alpha value is -2.59. The van der Waals surface area contributed by atoms with Crippen LogP contribution in [-0.2, 0) is 11.3 Å². The number of benzene rings is 2. The first-order valence-electron chi connectivity index (χ1n) is 8.36. The van der Waals surface area contributed by atoms with Crippen molar-refractivity contribution in [3.05, 3.63) is 62.5 Å². The molecule has 0 unspecified atom stereocenters. The number of nitrogens with zero attached hydrogens (tertiary/aromatic N) is 1. The summed E-state index contributed by atoms with van der Waals surface area (Å²) < 4.78 is 10.7. The maximum Gasteiger partial charge on any atom is 0.293 e. The molecular formula is C21H15Cl2NO4S. The van der Waals surface area contributed by atoms with E-state index in [4.69, 9.17) is 39.1 Å². The number of hydrogen-bond acceptors (Lipinski definition) is 5. The van der Waals surface area contributed by atoms with Crippen molar-refractivity contribution in [1.82, 2.24) is 4.90 Å². The lowest BCUT2D eigenvalue weighted by molar-refractivity contribution is -0.123. The van der Waals surface area contributed by atoms with Crippen molar-refractivity contribution in [2.75, 3.05) is 13.7 Å². The molecule has 0 saturated carbocycles. The number of ether oxygens (including phenoxy) is 2. The van der Waals surface area contributed by atoms with E-state index in [9.17, 15) is 9.59 Å². The third-order valence-electron chi connectivity index (χ3n) is 3.98. The van der Waals surface area contributed by atoms with E-state index >= 15 is 0 Å². The SMILES string of the molecule is C#CCOc1c(Cl)cc(/C=C2\SC(=O)N(Cc3ccc(Cl)cc3)C2=O)cc1OC. The van der Waals surface area contributed by atoms with Crippen molar-refractivity contribution in [1.29, 1.82) is 0 Å². The molecule has 0 spiro atoms. The molecule has 0 aromatic heterocycles. The molecule has 2 aromatic carbocycles. The van der Waals surface area contributed by atoms with Gasteiger partial charge in [-0.2, -0.15) is 0 Å². The molecule has 3 rings (SSSR count). The van der Waals surface area contributed by atoms with Crippen LogP contribution in [0.3, 0.4) is 0 Å². The van der Waals surface area contributed by atoms with E-state index in [0.717, 1.165) is 17.3 Å². The van der Waals surface area contributed by atoms with Gasteiger partial charge in [0.15, 0.2) is 11.5 Å². The molecule has 1 aliphatic heterocycles. The van der Waals surface area contributed by atoms with Crippen LogP contribution < -0.4 is 9.47 Å². The van der Waals surface area contributed by atoms with Gasteiger partial charge in [0, 0.05) is 5.02 Å². The van der Waals surface area contributed by atoms with Crippen LogP contribution in [0, 0.1) is 12.3 Å². The van der Waals surface area contributed by atoms with Gasteiger partial charge in [-0.1, -0.05) is 41.3 Å². The lowest BCUT2D eigenvalue weighted by Gasteiger charge is -2.13. The highest BCUT2D eigenvalue weighted by Crippen LogP contribution is 2.39. The summed E-state index contributed by atoms with van der Waals surface area (Å²) in [7, 11) is 1.47. The van der Waals surface area contributed by atoms with Gasteiger partial charge in [-0.15, -0.1) is 6.42 Å². The molecular weight excluding hydrogens is 433 g/mol. The second-order valence-corrected chi connectivity index (χ2v) is 7.76. The summed E-state index contributed by atoms with van der Waals surface area (Å²) in [5.74, 6) is 2.68. The molecule has 1 aliphatic rings. The number of methoxy groups -OCH3 is 1. The number of thioether (sulfide) groups is 1. The summed E-state index contributed by atoms with van der Waals surface area (Å²) in [6.45, 7) is 0.209. The van der Waals surface area contributed by atoms with Crippen LogP contribution in [-0.4, -0.2) is 29.8 Å². The van der Waals surface area contributed by atoms with Gasteiger partial charge in [-0.05, 0) is 53.2 Å². The highest BCUT2D eigenvalue weighted by atomic mass is 35.5. The fourth-order valence-corrected chi connectivity index (χ4v) is 3.88. The summed E-state index contributed by atoms with van der Waals surface area (Å²) >= 11 is 13.0. The van der Waals surface area contributed by atoms with E-state index in [1.165, 1.54) is 12.0 Å². The zero-order valence-corrected chi connectivity index (χ0v) is 17.6. The molecule has 0 radical (unpaired) electrons. The van der Waals surface area contributed by atoms with E-state index in [2.05, 4.69) is 5.92 Å². The van der Waals surface area contributed by atoms with Gasteiger partial charge in [0.2, 0.25) is 0 Å². The standard InChI is InChI=1S/C21H15Cl2NO4S/c1-3-8-28-19-16(23)9-14(10-17(19)27-2)11-18-20(25)24(21(26)29-18)12-13-4-6-15(22)7-5-13/h1,4-7,9-11H,8,12H2,2H3/b18-11-. The number of carbonyl (C=O) groups is 2. The lowest BCUT2D eigenvalue weighted by Crippen LogP contribution is -2.27. The second kappa shape index (κ2) is 9.27. The van der Waals surface area contributed by atoms with Crippen molar-refractivity contribution in [3.8, 4) is 23.8 Å². The summed E-state index contributed by atoms with van der Waals surface area (Å²) in [5.41, 5.74) is 1.40. The third kappa shape index (κ3) is 4.88. The monoisotopic (exact) mass is 447 g/mol. The molecule has 148 valence electrons. The van der Waals surface area contributed by atoms with Crippen LogP contribution in [0.25, 0.3) is 6.08 Å². The summed E-state index contributed by atoms with van der Waals surface area (Å²) in [5, 5.41) is 0.526. The highest BCUT2D eigenvalue weighted by Gasteiger charge is 2.35. The van der Waals surface area contributed by atoms with E-state index in [-0.39, 0.29) is 29.3 Å². The number of terminal acetylenes is 1. The molecule has 0 N–H and O–H groups in total. The van der Waals surface area contributed by atoms with Gasteiger partial charge < -0.3 is 9.47 Å². The number of hydrogen-bond donors (Lipinski definition) is 0. The van der Waals surface area contributed by atoms with Gasteiger partial charge in [-0.3, -0.25) is 14.5 Å². The van der Waals surface area contributed by atoms with E-state index in [0.29, 0.717) is 27.0 Å². The first-order chi connectivity index (χ1) is 13.9. The van der Waals surface area contributed by atoms with E-state index < -0.39 is 0 Å². The Balaban J connectivity index is 1.84. The second-order valence-electron chi connectivity index (χ2n) is 5.92. The Kier molecular flexibility index (Phi) is 6.75. The van der Waals surface area contributed by atoms with Crippen LogP contribution in [0.5, 0.6) is 11.5 Å². The Morgan fingerprint density at radius 1 is 1.21 bits per heavy atom. The summed E-state index contributed by atoms with van der Waals surface area (Å²) in [4.78, 5) is 26.5. The van der Waals surface area contributed by atoms with Gasteiger partial charge in [-0.25, -0.2) is 0 Å². The fourth-order valence-electron chi connectivity index (χ4n) is 2.64. The topological polar surface area (TPSA) is 55.8 Å². The molecule has 8 heteroatoms. The molecule has 0 bridgehead atoms. The van der Waals surface area contributed by atoms with Crippen LogP contribution >= 0.6 is 35.0 Å². The van der Waals surface area contributed by atoms with Crippen molar-refractivity contribution in [3.63, 3.8) is 0 Å². The predicted octanol–water partition coefficient (Wildman–Crippen LogP) is 5.25. The smallest absolute Gasteiger partial charge is 0.293 e. The molecule has 0 atom stereocenters. The van der Waals surface area contributed by atoms with Crippen LogP contribution in [0.4, 0.5) is 4.79 Å². The maximum absolute atomic E-state index is 12.7. The fraction of sp³-hybridized carbons (Fsp3) is 0.143. The Labute approximate surface area is 182 Å². The first-order valence-corrected chi connectivity index (χ1v) is 9.93. The highest BCUT2D eigenvalue weighted by molar-refractivity contribution is 8.18. The number of amides is 2. The quantitative estimate of drug-likeness (QED) is 0.446. The van der Waals surface area contributed by atoms with Crippen LogP contribution in [0.15, 0.2) is 41.3 Å². The molecule has 1 fully saturated rings. The minimum Gasteiger partial charge on any atom is -0.493 e. The lowest BCUT2D eigenvalue weighted by atomic mass is 10.1. The van der Waals surface area contributed by atoms with Crippen molar-refractivity contribution < 1.29 is 19.1 Å². The van der Waals surface area contributed by atoms with Gasteiger partial charge >= 0.3 is 0 Å². The third-order valence-corrected chi connectivity index (χ3v) is 5.42. The number of imide groups is 1. The number of rotatable bonds is 6. The van der Waals surface area contributed by atoms with Crippen LogP contribution in [0.2, 0.25) is 10.0 Å². The Morgan fingerprint density at radius 2 is 1.93 bits per heavy atom. The van der Waals surface area contributed by atoms with E-state index in [1.54, 1.807) is 42.5 Å². The Morgan fingerprint density at radius 3 is 2.59 bits per heavy atom. The Bertz CT molecular complexity index is 1030. The average molecular weight is 448 g/mol. The molecule has 2 aromatic rings. The van der Waals surface area contributed by atoms with Crippen LogP contribution in [0.1, 0.15) is 11.1 Å². The van der Waals surface area contributed by atoms with Gasteiger partial charge in [0.05, 0.1) is 23.6 Å². The minimum absolute atomic E-state index is 0.0407. The average Bonchev–Trinajstić information content (AvgIpc) is 2.95. The summed E-state index contributed by atoms with van der Waals surface area (Å²) in [6.07, 6.45) is 6.80. The van der Waals surface area contributed by atoms with Crippen molar-refractivity contribution >= 4 is 52.2 Å². The zero-order valence-electron chi connectivity index (χ0n) is 15.3. The number of carbonyl (C=O) groups excluding carboxylic acids is 2. The minimum atomic E-state index is -0.377. The predicted molar refractivity (Wildman–Crippen MR) is 115 cm³/mol. The number of halogens is 2. The maximum atomic E-state index is 12.7. The molecule has 1 saturated heterocycles. The van der Waals surface area contributed by atoms with Gasteiger partial charge in [0.25, 0.3) is 11.1 Å².